The molecule has 6 nitrogen and oxygen atoms in total. The van der Waals surface area contributed by atoms with Crippen LogP contribution in [0.4, 0.5) is 17.1 Å². The van der Waals surface area contributed by atoms with Crippen LogP contribution < -0.4 is 15.4 Å². The van der Waals surface area contributed by atoms with E-state index in [0.717, 1.165) is 11.4 Å². The van der Waals surface area contributed by atoms with Crippen molar-refractivity contribution < 1.29 is 9.53 Å². The summed E-state index contributed by atoms with van der Waals surface area (Å²) in [5.41, 5.74) is 2.63. The number of ether oxygens (including phenoxy) is 1. The maximum absolute atomic E-state index is 12.5. The van der Waals surface area contributed by atoms with Crippen molar-refractivity contribution in [2.45, 2.75) is 0 Å². The summed E-state index contributed by atoms with van der Waals surface area (Å²) >= 11 is 0. The summed E-state index contributed by atoms with van der Waals surface area (Å²) in [6.45, 7) is 0. The minimum absolute atomic E-state index is 0.241. The first kappa shape index (κ1) is 17.0. The number of methoxy groups -OCH3 is 1. The van der Waals surface area contributed by atoms with E-state index >= 15 is 0 Å². The quantitative estimate of drug-likeness (QED) is 0.731. The number of hydrogen-bond donors (Lipinski definition) is 2. The molecule has 2 N–H and O–H groups in total. The fraction of sp³-hybridized carbons (Fsp3) is 0.0500. The van der Waals surface area contributed by atoms with Crippen LogP contribution in [0.2, 0.25) is 0 Å². The second-order valence-corrected chi connectivity index (χ2v) is 5.40. The zero-order valence-corrected chi connectivity index (χ0v) is 14.1. The van der Waals surface area contributed by atoms with Crippen LogP contribution in [0, 0.1) is 11.3 Å². The van der Waals surface area contributed by atoms with Crippen LogP contribution in [0.5, 0.6) is 5.75 Å². The normalized spacial score (nSPS) is 9.85. The fourth-order valence-electron chi connectivity index (χ4n) is 2.38. The summed E-state index contributed by atoms with van der Waals surface area (Å²) < 4.78 is 5.20. The lowest BCUT2D eigenvalue weighted by molar-refractivity contribution is 0.102. The average Bonchev–Trinajstić information content (AvgIpc) is 2.68. The van der Waals surface area contributed by atoms with Gasteiger partial charge in [-0.25, -0.2) is 0 Å². The van der Waals surface area contributed by atoms with Crippen LogP contribution in [0.1, 0.15) is 16.1 Å². The van der Waals surface area contributed by atoms with E-state index in [1.54, 1.807) is 49.7 Å². The van der Waals surface area contributed by atoms with Crippen LogP contribution in [0.15, 0.2) is 66.9 Å². The number of carbonyl (C=O) groups is 1. The number of hydrogen-bond acceptors (Lipinski definition) is 5. The molecule has 0 aliphatic heterocycles. The molecule has 1 aromatic heterocycles. The molecule has 0 aliphatic carbocycles. The first-order valence-electron chi connectivity index (χ1n) is 7.87. The lowest BCUT2D eigenvalue weighted by Gasteiger charge is -2.10. The predicted octanol–water partition coefficient (Wildman–Crippen LogP) is 3.96. The van der Waals surface area contributed by atoms with E-state index in [9.17, 15) is 4.79 Å². The topological polar surface area (TPSA) is 87.0 Å². The molecule has 0 aliphatic rings. The van der Waals surface area contributed by atoms with Crippen molar-refractivity contribution >= 4 is 23.0 Å². The van der Waals surface area contributed by atoms with Gasteiger partial charge < -0.3 is 15.4 Å². The maximum Gasteiger partial charge on any atom is 0.274 e. The molecule has 0 bridgehead atoms. The molecule has 2 aromatic carbocycles. The summed E-state index contributed by atoms with van der Waals surface area (Å²) in [5.74, 6) is 0.345. The highest BCUT2D eigenvalue weighted by molar-refractivity contribution is 6.04. The Bertz CT molecular complexity index is 979. The highest BCUT2D eigenvalue weighted by atomic mass is 16.5. The zero-order chi connectivity index (χ0) is 18.4. The van der Waals surface area contributed by atoms with Gasteiger partial charge in [-0.1, -0.05) is 18.2 Å². The smallest absolute Gasteiger partial charge is 0.274 e. The summed E-state index contributed by atoms with van der Waals surface area (Å²) in [7, 11) is 1.60. The van der Waals surface area contributed by atoms with Gasteiger partial charge in [-0.3, -0.25) is 9.78 Å². The van der Waals surface area contributed by atoms with Gasteiger partial charge in [0.25, 0.3) is 5.91 Å². The molecule has 0 unspecified atom stereocenters. The molecule has 3 aromatic rings. The number of carbonyl (C=O) groups excluding carboxylic acids is 1. The van der Waals surface area contributed by atoms with Gasteiger partial charge in [-0.05, 0) is 36.4 Å². The number of rotatable bonds is 5. The largest absolute Gasteiger partial charge is 0.497 e. The third kappa shape index (κ3) is 3.97. The van der Waals surface area contributed by atoms with Gasteiger partial charge in [-0.15, -0.1) is 0 Å². The number of pyridine rings is 1. The number of aromatic nitrogens is 1. The van der Waals surface area contributed by atoms with Gasteiger partial charge in [0.15, 0.2) is 0 Å². The van der Waals surface area contributed by atoms with Crippen LogP contribution in [-0.4, -0.2) is 18.0 Å². The van der Waals surface area contributed by atoms with E-state index in [4.69, 9.17) is 10.00 Å². The molecule has 128 valence electrons. The minimum Gasteiger partial charge on any atom is -0.497 e. The Labute approximate surface area is 151 Å². The minimum atomic E-state index is -0.387. The average molecular weight is 344 g/mol. The van der Waals surface area contributed by atoms with Crippen molar-refractivity contribution in [3.8, 4) is 11.8 Å². The van der Waals surface area contributed by atoms with Gasteiger partial charge in [0, 0.05) is 23.6 Å². The van der Waals surface area contributed by atoms with Crippen molar-refractivity contribution in [3.63, 3.8) is 0 Å². The SMILES string of the molecule is COc1cccc(Nc2ccnc(C(=O)Nc3ccccc3C#N)c2)c1. The standard InChI is InChI=1S/C20H16N4O2/c1-26-17-7-4-6-15(11-17)23-16-9-10-22-19(12-16)20(25)24-18-8-3-2-5-14(18)13-21/h2-12H,1H3,(H,22,23)(H,24,25). The van der Waals surface area contributed by atoms with Crippen molar-refractivity contribution in [3.05, 3.63) is 78.1 Å². The fourth-order valence-corrected chi connectivity index (χ4v) is 2.38. The second kappa shape index (κ2) is 7.81. The van der Waals surface area contributed by atoms with Gasteiger partial charge in [0.1, 0.15) is 17.5 Å². The zero-order valence-electron chi connectivity index (χ0n) is 14.1. The number of nitriles is 1. The lowest BCUT2D eigenvalue weighted by Crippen LogP contribution is -2.14. The number of amides is 1. The summed E-state index contributed by atoms with van der Waals surface area (Å²) in [5, 5.41) is 15.0. The van der Waals surface area contributed by atoms with Crippen LogP contribution in [0.25, 0.3) is 0 Å². The predicted molar refractivity (Wildman–Crippen MR) is 99.6 cm³/mol. The lowest BCUT2D eigenvalue weighted by atomic mass is 10.2. The van der Waals surface area contributed by atoms with E-state index in [2.05, 4.69) is 15.6 Å². The number of nitrogens with one attached hydrogen (secondary N) is 2. The van der Waals surface area contributed by atoms with Crippen molar-refractivity contribution in [2.75, 3.05) is 17.7 Å². The van der Waals surface area contributed by atoms with Gasteiger partial charge >= 0.3 is 0 Å². The van der Waals surface area contributed by atoms with E-state index in [0.29, 0.717) is 16.9 Å². The Kier molecular flexibility index (Phi) is 5.11. The second-order valence-electron chi connectivity index (χ2n) is 5.40. The molecule has 0 radical (unpaired) electrons. The van der Waals surface area contributed by atoms with Gasteiger partial charge in [-0.2, -0.15) is 5.26 Å². The molecule has 3 rings (SSSR count). The van der Waals surface area contributed by atoms with Gasteiger partial charge in [0.05, 0.1) is 18.4 Å². The molecule has 26 heavy (non-hydrogen) atoms. The van der Waals surface area contributed by atoms with Crippen LogP contribution in [0.3, 0.4) is 0 Å². The number of nitrogens with zero attached hydrogens (tertiary/aromatic N) is 2. The van der Waals surface area contributed by atoms with E-state index in [1.807, 2.05) is 30.3 Å². The Morgan fingerprint density at radius 3 is 2.69 bits per heavy atom. The highest BCUT2D eigenvalue weighted by Crippen LogP contribution is 2.22. The third-order valence-corrected chi connectivity index (χ3v) is 3.65. The third-order valence-electron chi connectivity index (χ3n) is 3.65. The van der Waals surface area contributed by atoms with Crippen LogP contribution in [-0.2, 0) is 0 Å². The molecule has 6 heteroatoms. The molecule has 0 saturated carbocycles. The molecule has 0 atom stereocenters. The molecular weight excluding hydrogens is 328 g/mol. The molecule has 0 saturated heterocycles. The number of para-hydroxylation sites is 1. The molecule has 0 fully saturated rings. The van der Waals surface area contributed by atoms with Crippen molar-refractivity contribution in [1.29, 1.82) is 5.26 Å². The van der Waals surface area contributed by atoms with E-state index < -0.39 is 0 Å². The molecule has 0 spiro atoms. The summed E-state index contributed by atoms with van der Waals surface area (Å²) in [4.78, 5) is 16.6. The maximum atomic E-state index is 12.5. The molecule has 1 amide bonds. The first-order valence-corrected chi connectivity index (χ1v) is 7.87. The van der Waals surface area contributed by atoms with E-state index in [1.165, 1.54) is 0 Å². The Morgan fingerprint density at radius 2 is 1.88 bits per heavy atom. The monoisotopic (exact) mass is 344 g/mol. The summed E-state index contributed by atoms with van der Waals surface area (Å²) in [6.07, 6.45) is 1.55. The Morgan fingerprint density at radius 1 is 1.08 bits per heavy atom. The first-order chi connectivity index (χ1) is 12.7. The Balaban J connectivity index is 1.78. The molecule has 1 heterocycles. The van der Waals surface area contributed by atoms with Gasteiger partial charge in [0.2, 0.25) is 0 Å². The van der Waals surface area contributed by atoms with Crippen molar-refractivity contribution in [2.24, 2.45) is 0 Å². The van der Waals surface area contributed by atoms with E-state index in [-0.39, 0.29) is 11.6 Å². The number of benzene rings is 2. The highest BCUT2D eigenvalue weighted by Gasteiger charge is 2.11. The molecular formula is C20H16N4O2. The van der Waals surface area contributed by atoms with Crippen LogP contribution >= 0.6 is 0 Å². The number of anilines is 3. The Hall–Kier alpha value is -3.85. The summed E-state index contributed by atoms with van der Waals surface area (Å²) in [6, 6.07) is 19.7. The van der Waals surface area contributed by atoms with Crippen molar-refractivity contribution in [1.82, 2.24) is 4.98 Å².